The summed E-state index contributed by atoms with van der Waals surface area (Å²) in [4.78, 5) is 11.9. The van der Waals surface area contributed by atoms with Gasteiger partial charge in [-0.25, -0.2) is 0 Å². The van der Waals surface area contributed by atoms with Crippen LogP contribution in [0.25, 0.3) is 0 Å². The minimum absolute atomic E-state index is 0.0162. The van der Waals surface area contributed by atoms with Gasteiger partial charge in [0.05, 0.1) is 6.10 Å². The second-order valence-electron chi connectivity index (χ2n) is 5.05. The molecule has 0 saturated carbocycles. The highest BCUT2D eigenvalue weighted by Crippen LogP contribution is 2.11. The van der Waals surface area contributed by atoms with Crippen LogP contribution in [0.2, 0.25) is 0 Å². The smallest absolute Gasteiger partial charge is 0.251 e. The van der Waals surface area contributed by atoms with Crippen molar-refractivity contribution in [2.45, 2.75) is 32.4 Å². The second-order valence-corrected chi connectivity index (χ2v) is 5.05. The highest BCUT2D eigenvalue weighted by molar-refractivity contribution is 5.94. The Morgan fingerprint density at radius 2 is 2.05 bits per heavy atom. The highest BCUT2D eigenvalue weighted by atomic mass is 16.5. The molecule has 4 nitrogen and oxygen atoms in total. The van der Waals surface area contributed by atoms with Crippen molar-refractivity contribution in [1.29, 1.82) is 0 Å². The van der Waals surface area contributed by atoms with Crippen molar-refractivity contribution in [2.75, 3.05) is 19.7 Å². The molecule has 0 aliphatic carbocycles. The average Bonchev–Trinajstić information content (AvgIpc) is 2.81. The van der Waals surface area contributed by atoms with E-state index < -0.39 is 0 Å². The molecule has 104 valence electrons. The molecule has 2 rings (SSSR count). The van der Waals surface area contributed by atoms with Crippen LogP contribution < -0.4 is 10.6 Å². The van der Waals surface area contributed by atoms with Crippen LogP contribution in [0.4, 0.5) is 0 Å². The van der Waals surface area contributed by atoms with E-state index >= 15 is 0 Å². The quantitative estimate of drug-likeness (QED) is 0.791. The molecule has 1 saturated heterocycles. The molecule has 2 unspecified atom stereocenters. The van der Waals surface area contributed by atoms with Crippen molar-refractivity contribution < 1.29 is 9.53 Å². The lowest BCUT2D eigenvalue weighted by Crippen LogP contribution is -2.40. The van der Waals surface area contributed by atoms with E-state index in [0.29, 0.717) is 18.2 Å². The third-order valence-electron chi connectivity index (χ3n) is 3.51. The lowest BCUT2D eigenvalue weighted by atomic mass is 10.1. The van der Waals surface area contributed by atoms with Crippen LogP contribution >= 0.6 is 0 Å². The summed E-state index contributed by atoms with van der Waals surface area (Å²) in [6.07, 6.45) is 1.32. The van der Waals surface area contributed by atoms with E-state index in [-0.39, 0.29) is 12.0 Å². The predicted molar refractivity (Wildman–Crippen MR) is 75.3 cm³/mol. The minimum atomic E-state index is -0.0162. The zero-order valence-electron chi connectivity index (χ0n) is 11.6. The number of carbonyl (C=O) groups excluding carboxylic acids is 1. The molecule has 4 heteroatoms. The molecule has 1 aliphatic heterocycles. The molecule has 1 aromatic carbocycles. The Balaban J connectivity index is 1.68. The van der Waals surface area contributed by atoms with Crippen molar-refractivity contribution >= 4 is 5.91 Å². The van der Waals surface area contributed by atoms with Gasteiger partial charge in [0.15, 0.2) is 0 Å². The average molecular weight is 262 g/mol. The van der Waals surface area contributed by atoms with E-state index in [4.69, 9.17) is 4.74 Å². The number of hydrogen-bond acceptors (Lipinski definition) is 3. The maximum atomic E-state index is 11.9. The summed E-state index contributed by atoms with van der Waals surface area (Å²) in [5.74, 6) is -0.0162. The van der Waals surface area contributed by atoms with Gasteiger partial charge in [0.1, 0.15) is 0 Å². The third kappa shape index (κ3) is 4.04. The highest BCUT2D eigenvalue weighted by Gasteiger charge is 2.22. The summed E-state index contributed by atoms with van der Waals surface area (Å²) in [6, 6.07) is 8.02. The molecule has 0 spiro atoms. The van der Waals surface area contributed by atoms with E-state index in [1.807, 2.05) is 31.2 Å². The first-order valence-electron chi connectivity index (χ1n) is 6.86. The van der Waals surface area contributed by atoms with Crippen LogP contribution in [0, 0.1) is 6.92 Å². The van der Waals surface area contributed by atoms with Crippen molar-refractivity contribution in [3.63, 3.8) is 0 Å². The van der Waals surface area contributed by atoms with Gasteiger partial charge in [-0.15, -0.1) is 0 Å². The molecule has 1 aromatic rings. The van der Waals surface area contributed by atoms with Gasteiger partial charge in [0.25, 0.3) is 5.91 Å². The minimum Gasteiger partial charge on any atom is -0.377 e. The summed E-state index contributed by atoms with van der Waals surface area (Å²) < 4.78 is 5.47. The Morgan fingerprint density at radius 3 is 2.68 bits per heavy atom. The van der Waals surface area contributed by atoms with E-state index in [0.717, 1.165) is 25.1 Å². The number of carbonyl (C=O) groups is 1. The van der Waals surface area contributed by atoms with Gasteiger partial charge in [0.2, 0.25) is 0 Å². The number of benzene rings is 1. The van der Waals surface area contributed by atoms with Gasteiger partial charge in [-0.2, -0.15) is 0 Å². The zero-order valence-corrected chi connectivity index (χ0v) is 11.6. The van der Waals surface area contributed by atoms with Crippen molar-refractivity contribution in [3.8, 4) is 0 Å². The standard InChI is InChI=1S/C15H22N2O2/c1-11-3-5-13(6-4-11)15(18)17-9-8-16-14-7-10-19-12(14)2/h3-6,12,14,16H,7-10H2,1-2H3,(H,17,18). The van der Waals surface area contributed by atoms with Crippen LogP contribution in [0.15, 0.2) is 24.3 Å². The van der Waals surface area contributed by atoms with Crippen molar-refractivity contribution in [3.05, 3.63) is 35.4 Å². The molecule has 0 radical (unpaired) electrons. The maximum absolute atomic E-state index is 11.9. The number of aryl methyl sites for hydroxylation is 1. The first-order valence-corrected chi connectivity index (χ1v) is 6.86. The number of amides is 1. The fraction of sp³-hybridized carbons (Fsp3) is 0.533. The number of nitrogens with one attached hydrogen (secondary N) is 2. The fourth-order valence-corrected chi connectivity index (χ4v) is 2.24. The molecule has 19 heavy (non-hydrogen) atoms. The van der Waals surface area contributed by atoms with Gasteiger partial charge >= 0.3 is 0 Å². The van der Waals surface area contributed by atoms with Crippen LogP contribution in [-0.2, 0) is 4.74 Å². The first kappa shape index (κ1) is 14.0. The summed E-state index contributed by atoms with van der Waals surface area (Å²) in [5.41, 5.74) is 1.87. The largest absolute Gasteiger partial charge is 0.377 e. The number of ether oxygens (including phenoxy) is 1. The molecule has 1 fully saturated rings. The molecule has 0 bridgehead atoms. The molecular weight excluding hydrogens is 240 g/mol. The monoisotopic (exact) mass is 262 g/mol. The molecular formula is C15H22N2O2. The van der Waals surface area contributed by atoms with E-state index in [2.05, 4.69) is 17.6 Å². The Bertz CT molecular complexity index is 417. The molecule has 1 heterocycles. The summed E-state index contributed by atoms with van der Waals surface area (Å²) >= 11 is 0. The van der Waals surface area contributed by atoms with Crippen LogP contribution in [0.5, 0.6) is 0 Å². The number of hydrogen-bond donors (Lipinski definition) is 2. The van der Waals surface area contributed by atoms with Gasteiger partial charge in [0, 0.05) is 31.3 Å². The Morgan fingerprint density at radius 1 is 1.32 bits per heavy atom. The Labute approximate surface area is 114 Å². The van der Waals surface area contributed by atoms with E-state index in [1.165, 1.54) is 0 Å². The third-order valence-corrected chi connectivity index (χ3v) is 3.51. The normalized spacial score (nSPS) is 22.4. The SMILES string of the molecule is Cc1ccc(C(=O)NCCNC2CCOC2C)cc1. The molecule has 2 N–H and O–H groups in total. The van der Waals surface area contributed by atoms with E-state index in [1.54, 1.807) is 0 Å². The van der Waals surface area contributed by atoms with Crippen LogP contribution in [0.3, 0.4) is 0 Å². The molecule has 1 amide bonds. The second kappa shape index (κ2) is 6.68. The first-order chi connectivity index (χ1) is 9.16. The van der Waals surface area contributed by atoms with Gasteiger partial charge in [-0.05, 0) is 32.4 Å². The predicted octanol–water partition coefficient (Wildman–Crippen LogP) is 1.49. The lowest BCUT2D eigenvalue weighted by molar-refractivity contribution is 0.0952. The fourth-order valence-electron chi connectivity index (χ4n) is 2.24. The number of rotatable bonds is 5. The van der Waals surface area contributed by atoms with Gasteiger partial charge in [-0.1, -0.05) is 17.7 Å². The van der Waals surface area contributed by atoms with E-state index in [9.17, 15) is 4.79 Å². The lowest BCUT2D eigenvalue weighted by Gasteiger charge is -2.16. The summed E-state index contributed by atoms with van der Waals surface area (Å²) in [7, 11) is 0. The Kier molecular flexibility index (Phi) is 4.93. The van der Waals surface area contributed by atoms with Crippen molar-refractivity contribution in [2.24, 2.45) is 0 Å². The summed E-state index contributed by atoms with van der Waals surface area (Å²) in [5, 5.41) is 6.32. The molecule has 2 atom stereocenters. The maximum Gasteiger partial charge on any atom is 0.251 e. The van der Waals surface area contributed by atoms with Crippen molar-refractivity contribution in [1.82, 2.24) is 10.6 Å². The topological polar surface area (TPSA) is 50.4 Å². The zero-order chi connectivity index (χ0) is 13.7. The molecule has 1 aliphatic rings. The Hall–Kier alpha value is -1.39. The summed E-state index contributed by atoms with van der Waals surface area (Å²) in [6.45, 7) is 6.33. The van der Waals surface area contributed by atoms with Crippen LogP contribution in [-0.4, -0.2) is 37.7 Å². The van der Waals surface area contributed by atoms with Gasteiger partial charge < -0.3 is 15.4 Å². The van der Waals surface area contributed by atoms with Crippen LogP contribution in [0.1, 0.15) is 29.3 Å². The molecule has 0 aromatic heterocycles. The van der Waals surface area contributed by atoms with Gasteiger partial charge in [-0.3, -0.25) is 4.79 Å².